The highest BCUT2D eigenvalue weighted by Crippen LogP contribution is 2.36. The van der Waals surface area contributed by atoms with Crippen LogP contribution in [0.2, 0.25) is 0 Å². The quantitative estimate of drug-likeness (QED) is 0.351. The summed E-state index contributed by atoms with van der Waals surface area (Å²) in [7, 11) is 0. The second kappa shape index (κ2) is 16.0. The Labute approximate surface area is 210 Å². The van der Waals surface area contributed by atoms with E-state index in [2.05, 4.69) is 73.5 Å². The van der Waals surface area contributed by atoms with E-state index in [1.165, 1.54) is 114 Å². The van der Waals surface area contributed by atoms with E-state index in [0.717, 1.165) is 0 Å². The Bertz CT molecular complexity index is 732. The zero-order valence-corrected chi connectivity index (χ0v) is 22.1. The molecular formula is C32H50N2. The molecule has 0 saturated heterocycles. The minimum Gasteiger partial charge on any atom is -0.290 e. The number of hydrogen-bond donors (Lipinski definition) is 0. The van der Waals surface area contributed by atoms with E-state index in [1.807, 2.05) is 0 Å². The molecule has 1 aromatic carbocycles. The van der Waals surface area contributed by atoms with Crippen LogP contribution in [0.3, 0.4) is 0 Å². The largest absolute Gasteiger partial charge is 0.290 e. The van der Waals surface area contributed by atoms with Crippen molar-refractivity contribution in [1.29, 1.82) is 0 Å². The van der Waals surface area contributed by atoms with Gasteiger partial charge in [-0.2, -0.15) is 5.10 Å². The van der Waals surface area contributed by atoms with Crippen LogP contribution in [-0.2, 0) is 0 Å². The molecule has 1 heterocycles. The van der Waals surface area contributed by atoms with E-state index in [-0.39, 0.29) is 0 Å². The normalized spacial score (nSPS) is 22.5. The van der Waals surface area contributed by atoms with Gasteiger partial charge in [0.2, 0.25) is 0 Å². The van der Waals surface area contributed by atoms with Crippen LogP contribution in [-0.4, -0.2) is 22.8 Å². The Morgan fingerprint density at radius 3 is 1.79 bits per heavy atom. The first-order chi connectivity index (χ1) is 16.8. The molecule has 1 aliphatic heterocycles. The van der Waals surface area contributed by atoms with Crippen LogP contribution in [0.4, 0.5) is 0 Å². The molecule has 2 heteroatoms. The lowest BCUT2D eigenvalue weighted by atomic mass is 9.84. The molecule has 34 heavy (non-hydrogen) atoms. The molecule has 2 aliphatic rings. The lowest BCUT2D eigenvalue weighted by molar-refractivity contribution is 0.110. The van der Waals surface area contributed by atoms with Crippen molar-refractivity contribution in [3.63, 3.8) is 0 Å². The first-order valence-corrected chi connectivity index (χ1v) is 14.6. The third-order valence-corrected chi connectivity index (χ3v) is 7.79. The number of rotatable bonds is 8. The Morgan fingerprint density at radius 1 is 0.676 bits per heavy atom. The average molecular weight is 463 g/mol. The van der Waals surface area contributed by atoms with Crippen LogP contribution in [0.5, 0.6) is 0 Å². The molecule has 0 amide bonds. The summed E-state index contributed by atoms with van der Waals surface area (Å²) >= 11 is 0. The van der Waals surface area contributed by atoms with Crippen LogP contribution in [0.25, 0.3) is 0 Å². The Kier molecular flexibility index (Phi) is 12.6. The fourth-order valence-corrected chi connectivity index (χ4v) is 5.93. The van der Waals surface area contributed by atoms with Crippen molar-refractivity contribution in [2.24, 2.45) is 11.0 Å². The minimum atomic E-state index is 0.552. The standard InChI is InChI=1S/C32H50N2/c1-3-5-17-27-30-31(22-4-2)34(29-25-20-15-11-6-7-12-16-21-26-29)33-32(30)28-23-18-13-9-8-10-14-19-24-28/h8-10,13-14,18-19,23-24,29-31H,3-7,11-12,15-17,20-22,25-27H2,1-2H3. The summed E-state index contributed by atoms with van der Waals surface area (Å²) in [5, 5.41) is 8.17. The van der Waals surface area contributed by atoms with Crippen LogP contribution in [0.15, 0.2) is 59.7 Å². The van der Waals surface area contributed by atoms with Gasteiger partial charge in [0.1, 0.15) is 0 Å². The molecule has 0 bridgehead atoms. The third-order valence-electron chi connectivity index (χ3n) is 7.79. The summed E-state index contributed by atoms with van der Waals surface area (Å²) in [5.74, 6) is 0.552. The van der Waals surface area contributed by atoms with Gasteiger partial charge in [-0.25, -0.2) is 0 Å². The molecule has 188 valence electrons. The maximum Gasteiger partial charge on any atom is 0.0729 e. The summed E-state index contributed by atoms with van der Waals surface area (Å²) in [6.07, 6.45) is 21.6. The van der Waals surface area contributed by atoms with Gasteiger partial charge in [0.05, 0.1) is 11.8 Å². The summed E-state index contributed by atoms with van der Waals surface area (Å²) in [4.78, 5) is 0. The highest BCUT2D eigenvalue weighted by atomic mass is 15.5. The number of nitrogens with zero attached hydrogens (tertiary/aromatic N) is 2. The van der Waals surface area contributed by atoms with Gasteiger partial charge in [-0.15, -0.1) is 0 Å². The zero-order valence-electron chi connectivity index (χ0n) is 22.1. The summed E-state index contributed by atoms with van der Waals surface area (Å²) in [5.41, 5.74) is 2.65. The van der Waals surface area contributed by atoms with Crippen molar-refractivity contribution in [1.82, 2.24) is 5.01 Å². The molecular weight excluding hydrogens is 412 g/mol. The van der Waals surface area contributed by atoms with Crippen LogP contribution in [0.1, 0.15) is 122 Å². The van der Waals surface area contributed by atoms with E-state index in [4.69, 9.17) is 5.10 Å². The lowest BCUT2D eigenvalue weighted by Gasteiger charge is -2.35. The van der Waals surface area contributed by atoms with Gasteiger partial charge in [0, 0.05) is 12.0 Å². The summed E-state index contributed by atoms with van der Waals surface area (Å²) in [6.45, 7) is 4.68. The first kappa shape index (κ1) is 26.8. The number of unbranched alkanes of at least 4 members (excludes halogenated alkanes) is 2. The van der Waals surface area contributed by atoms with Crippen molar-refractivity contribution >= 4 is 5.71 Å². The second-order valence-corrected chi connectivity index (χ2v) is 10.5. The molecule has 3 rings (SSSR count). The zero-order chi connectivity index (χ0) is 23.8. The highest BCUT2D eigenvalue weighted by molar-refractivity contribution is 6.03. The van der Waals surface area contributed by atoms with Crippen LogP contribution in [0, 0.1) is 5.92 Å². The van der Waals surface area contributed by atoms with Gasteiger partial charge in [-0.05, 0) is 31.2 Å². The molecule has 0 radical (unpaired) electrons. The smallest absolute Gasteiger partial charge is 0.0729 e. The van der Waals surface area contributed by atoms with Crippen molar-refractivity contribution < 1.29 is 0 Å². The van der Waals surface area contributed by atoms with E-state index in [9.17, 15) is 0 Å². The maximum absolute atomic E-state index is 5.53. The second-order valence-electron chi connectivity index (χ2n) is 10.5. The van der Waals surface area contributed by atoms with Crippen molar-refractivity contribution in [3.8, 4) is 0 Å². The molecule has 1 aromatic rings. The van der Waals surface area contributed by atoms with Crippen LogP contribution < -0.4 is 0 Å². The topological polar surface area (TPSA) is 15.6 Å². The Morgan fingerprint density at radius 2 is 1.24 bits per heavy atom. The number of hydrazone groups is 1. The molecule has 0 N–H and O–H groups in total. The summed E-state index contributed by atoms with van der Waals surface area (Å²) < 4.78 is 0. The van der Waals surface area contributed by atoms with E-state index in [0.29, 0.717) is 18.0 Å². The predicted octanol–water partition coefficient (Wildman–Crippen LogP) is 9.48. The van der Waals surface area contributed by atoms with Gasteiger partial charge in [-0.1, -0.05) is 145 Å². The van der Waals surface area contributed by atoms with Crippen molar-refractivity contribution in [3.05, 3.63) is 60.2 Å². The predicted molar refractivity (Wildman–Crippen MR) is 149 cm³/mol. The van der Waals surface area contributed by atoms with E-state index >= 15 is 0 Å². The van der Waals surface area contributed by atoms with Crippen molar-refractivity contribution in [2.75, 3.05) is 0 Å². The Hall–Kier alpha value is -1.83. The molecule has 1 saturated carbocycles. The lowest BCUT2D eigenvalue weighted by Crippen LogP contribution is -2.40. The van der Waals surface area contributed by atoms with Gasteiger partial charge in [-0.3, -0.25) is 5.01 Å². The average Bonchev–Trinajstić information content (AvgIpc) is 3.17. The van der Waals surface area contributed by atoms with Crippen LogP contribution >= 0.6 is 0 Å². The number of hydrogen-bond acceptors (Lipinski definition) is 2. The molecule has 1 fully saturated rings. The SMILES string of the molecule is CCCCCC1C(c2ccccccccc2)=NN(C2CCCCCCCCCC2)C1CCC. The first-order valence-electron chi connectivity index (χ1n) is 14.6. The minimum absolute atomic E-state index is 0.552. The van der Waals surface area contributed by atoms with Gasteiger partial charge in [0.25, 0.3) is 0 Å². The molecule has 0 spiro atoms. The molecule has 2 nitrogen and oxygen atoms in total. The maximum atomic E-state index is 5.53. The third kappa shape index (κ3) is 8.43. The van der Waals surface area contributed by atoms with E-state index in [1.54, 1.807) is 0 Å². The van der Waals surface area contributed by atoms with Gasteiger partial charge in [0.15, 0.2) is 0 Å². The van der Waals surface area contributed by atoms with E-state index < -0.39 is 0 Å². The van der Waals surface area contributed by atoms with Gasteiger partial charge < -0.3 is 0 Å². The molecule has 1 aliphatic carbocycles. The Balaban J connectivity index is 1.94. The molecule has 0 aromatic heterocycles. The monoisotopic (exact) mass is 462 g/mol. The molecule has 2 unspecified atom stereocenters. The molecule has 2 atom stereocenters. The fraction of sp³-hybridized carbons (Fsp3) is 0.656. The van der Waals surface area contributed by atoms with Gasteiger partial charge >= 0.3 is 0 Å². The summed E-state index contributed by atoms with van der Waals surface area (Å²) in [6, 6.07) is 20.7. The van der Waals surface area contributed by atoms with Crippen molar-refractivity contribution in [2.45, 2.75) is 129 Å². The highest BCUT2D eigenvalue weighted by Gasteiger charge is 2.39. The fourth-order valence-electron chi connectivity index (χ4n) is 5.93.